The predicted molar refractivity (Wildman–Crippen MR) is 90.8 cm³/mol. The smallest absolute Gasteiger partial charge is 0.224 e. The van der Waals surface area contributed by atoms with Gasteiger partial charge in [-0.25, -0.2) is 0 Å². The van der Waals surface area contributed by atoms with Crippen LogP contribution in [0, 0.1) is 5.92 Å². The molecule has 1 aliphatic carbocycles. The van der Waals surface area contributed by atoms with Crippen LogP contribution in [0.1, 0.15) is 38.2 Å². The van der Waals surface area contributed by atoms with Crippen molar-refractivity contribution in [2.75, 3.05) is 20.8 Å². The third-order valence-corrected chi connectivity index (χ3v) is 4.76. The minimum absolute atomic E-state index is 0.0715. The van der Waals surface area contributed by atoms with Crippen LogP contribution in [0.2, 0.25) is 0 Å². The zero-order chi connectivity index (χ0) is 16.9. The first kappa shape index (κ1) is 17.6. The van der Waals surface area contributed by atoms with E-state index in [0.717, 1.165) is 42.7 Å². The summed E-state index contributed by atoms with van der Waals surface area (Å²) in [4.78, 5) is 12.4. The number of amides is 1. The van der Waals surface area contributed by atoms with Crippen molar-refractivity contribution in [2.45, 2.75) is 44.6 Å². The van der Waals surface area contributed by atoms with E-state index in [2.05, 4.69) is 5.32 Å². The lowest BCUT2D eigenvalue weighted by Gasteiger charge is -2.37. The molecule has 1 saturated carbocycles. The minimum Gasteiger partial charge on any atom is -0.497 e. The lowest BCUT2D eigenvalue weighted by Crippen LogP contribution is -2.53. The number of benzene rings is 1. The van der Waals surface area contributed by atoms with Gasteiger partial charge in [0.05, 0.1) is 20.1 Å². The number of carbonyl (C=O) groups is 1. The average molecular weight is 320 g/mol. The van der Waals surface area contributed by atoms with Crippen LogP contribution < -0.4 is 20.5 Å². The highest BCUT2D eigenvalue weighted by Crippen LogP contribution is 2.31. The van der Waals surface area contributed by atoms with Crippen molar-refractivity contribution in [3.05, 3.63) is 23.8 Å². The first-order valence-corrected chi connectivity index (χ1v) is 8.25. The van der Waals surface area contributed by atoms with E-state index in [-0.39, 0.29) is 17.4 Å². The largest absolute Gasteiger partial charge is 0.497 e. The quantitative estimate of drug-likeness (QED) is 0.843. The van der Waals surface area contributed by atoms with Crippen LogP contribution in [-0.4, -0.2) is 32.2 Å². The van der Waals surface area contributed by atoms with Gasteiger partial charge in [0, 0.05) is 18.2 Å². The fourth-order valence-electron chi connectivity index (χ4n) is 3.29. The lowest BCUT2D eigenvalue weighted by atomic mass is 9.74. The molecule has 1 fully saturated rings. The number of hydrogen-bond acceptors (Lipinski definition) is 4. The molecule has 128 valence electrons. The van der Waals surface area contributed by atoms with Gasteiger partial charge in [-0.2, -0.15) is 0 Å². The molecule has 0 aliphatic heterocycles. The molecule has 23 heavy (non-hydrogen) atoms. The van der Waals surface area contributed by atoms with Gasteiger partial charge in [0.1, 0.15) is 11.5 Å². The standard InChI is InChI=1S/C18H28N2O3/c1-18(19)10-5-4-6-15(18)17(21)20-11-9-13-7-8-14(22-2)12-16(13)23-3/h7-8,12,15H,4-6,9-11,19H2,1-3H3,(H,20,21). The zero-order valence-electron chi connectivity index (χ0n) is 14.4. The molecule has 5 heteroatoms. The van der Waals surface area contributed by atoms with Gasteiger partial charge in [0.15, 0.2) is 0 Å². The molecular formula is C18H28N2O3. The molecule has 2 unspecified atom stereocenters. The Morgan fingerprint density at radius 2 is 2.13 bits per heavy atom. The second kappa shape index (κ2) is 7.68. The van der Waals surface area contributed by atoms with Crippen molar-refractivity contribution in [1.29, 1.82) is 0 Å². The van der Waals surface area contributed by atoms with Crippen molar-refractivity contribution in [3.8, 4) is 11.5 Å². The topological polar surface area (TPSA) is 73.6 Å². The maximum Gasteiger partial charge on any atom is 0.224 e. The highest BCUT2D eigenvalue weighted by atomic mass is 16.5. The summed E-state index contributed by atoms with van der Waals surface area (Å²) in [5.74, 6) is 1.52. The molecule has 0 spiro atoms. The summed E-state index contributed by atoms with van der Waals surface area (Å²) in [7, 11) is 3.27. The Labute approximate surface area is 138 Å². The second-order valence-electron chi connectivity index (χ2n) is 6.52. The normalized spacial score (nSPS) is 24.1. The fraction of sp³-hybridized carbons (Fsp3) is 0.611. The van der Waals surface area contributed by atoms with Gasteiger partial charge in [0.25, 0.3) is 0 Å². The number of methoxy groups -OCH3 is 2. The van der Waals surface area contributed by atoms with Gasteiger partial charge in [-0.15, -0.1) is 0 Å². The van der Waals surface area contributed by atoms with Gasteiger partial charge in [0.2, 0.25) is 5.91 Å². The Balaban J connectivity index is 1.90. The first-order valence-electron chi connectivity index (χ1n) is 8.25. The van der Waals surface area contributed by atoms with Crippen LogP contribution in [0.15, 0.2) is 18.2 Å². The number of rotatable bonds is 6. The van der Waals surface area contributed by atoms with E-state index < -0.39 is 0 Å². The number of hydrogen-bond donors (Lipinski definition) is 2. The molecule has 1 amide bonds. The van der Waals surface area contributed by atoms with Crippen LogP contribution in [0.4, 0.5) is 0 Å². The van der Waals surface area contributed by atoms with Crippen molar-refractivity contribution < 1.29 is 14.3 Å². The summed E-state index contributed by atoms with van der Waals surface area (Å²) < 4.78 is 10.6. The number of carbonyl (C=O) groups excluding carboxylic acids is 1. The summed E-state index contributed by atoms with van der Waals surface area (Å²) >= 11 is 0. The molecule has 2 atom stereocenters. The first-order chi connectivity index (χ1) is 11.0. The van der Waals surface area contributed by atoms with Crippen molar-refractivity contribution >= 4 is 5.91 Å². The Hall–Kier alpha value is -1.75. The molecule has 0 heterocycles. The summed E-state index contributed by atoms with van der Waals surface area (Å²) in [5, 5.41) is 3.03. The Morgan fingerprint density at radius 3 is 2.78 bits per heavy atom. The van der Waals surface area contributed by atoms with E-state index >= 15 is 0 Å². The van der Waals surface area contributed by atoms with Crippen molar-refractivity contribution in [1.82, 2.24) is 5.32 Å². The minimum atomic E-state index is -0.389. The molecular weight excluding hydrogens is 292 g/mol. The third-order valence-electron chi connectivity index (χ3n) is 4.76. The Morgan fingerprint density at radius 1 is 1.35 bits per heavy atom. The van der Waals surface area contributed by atoms with E-state index in [0.29, 0.717) is 13.0 Å². The van der Waals surface area contributed by atoms with E-state index in [1.54, 1.807) is 14.2 Å². The van der Waals surface area contributed by atoms with Gasteiger partial charge in [-0.05, 0) is 37.8 Å². The van der Waals surface area contributed by atoms with Crippen LogP contribution in [-0.2, 0) is 11.2 Å². The molecule has 3 N–H and O–H groups in total. The highest BCUT2D eigenvalue weighted by molar-refractivity contribution is 5.80. The van der Waals surface area contributed by atoms with Gasteiger partial charge in [-0.1, -0.05) is 18.9 Å². The van der Waals surface area contributed by atoms with Crippen LogP contribution in [0.3, 0.4) is 0 Å². The molecule has 2 rings (SSSR count). The van der Waals surface area contributed by atoms with Crippen LogP contribution in [0.5, 0.6) is 11.5 Å². The zero-order valence-corrected chi connectivity index (χ0v) is 14.4. The Kier molecular flexibility index (Phi) is 5.88. The lowest BCUT2D eigenvalue weighted by molar-refractivity contribution is -0.128. The van der Waals surface area contributed by atoms with E-state index in [9.17, 15) is 4.79 Å². The van der Waals surface area contributed by atoms with Gasteiger partial charge < -0.3 is 20.5 Å². The predicted octanol–water partition coefficient (Wildman–Crippen LogP) is 2.27. The second-order valence-corrected chi connectivity index (χ2v) is 6.52. The maximum atomic E-state index is 12.4. The van der Waals surface area contributed by atoms with E-state index in [4.69, 9.17) is 15.2 Å². The molecule has 0 radical (unpaired) electrons. The van der Waals surface area contributed by atoms with Crippen LogP contribution >= 0.6 is 0 Å². The SMILES string of the molecule is COc1ccc(CCNC(=O)C2CCCCC2(C)N)c(OC)c1. The van der Waals surface area contributed by atoms with Gasteiger partial charge >= 0.3 is 0 Å². The molecule has 0 bridgehead atoms. The highest BCUT2D eigenvalue weighted by Gasteiger charge is 2.37. The van der Waals surface area contributed by atoms with Crippen LogP contribution in [0.25, 0.3) is 0 Å². The Bertz CT molecular complexity index is 543. The molecule has 5 nitrogen and oxygen atoms in total. The van der Waals surface area contributed by atoms with Crippen molar-refractivity contribution in [2.24, 2.45) is 11.7 Å². The summed E-state index contributed by atoms with van der Waals surface area (Å²) in [6, 6.07) is 5.73. The van der Waals surface area contributed by atoms with E-state index in [1.807, 2.05) is 25.1 Å². The average Bonchev–Trinajstić information content (AvgIpc) is 2.54. The maximum absolute atomic E-state index is 12.4. The monoisotopic (exact) mass is 320 g/mol. The van der Waals surface area contributed by atoms with Gasteiger partial charge in [-0.3, -0.25) is 4.79 Å². The third kappa shape index (κ3) is 4.38. The summed E-state index contributed by atoms with van der Waals surface area (Å²) in [6.07, 6.45) is 4.70. The van der Waals surface area contributed by atoms with E-state index in [1.165, 1.54) is 0 Å². The molecule has 1 aromatic rings. The number of nitrogens with two attached hydrogens (primary N) is 1. The number of ether oxygens (including phenoxy) is 2. The van der Waals surface area contributed by atoms with Crippen molar-refractivity contribution in [3.63, 3.8) is 0 Å². The fourth-order valence-corrected chi connectivity index (χ4v) is 3.29. The molecule has 0 aromatic heterocycles. The molecule has 1 aromatic carbocycles. The summed E-state index contributed by atoms with van der Waals surface area (Å²) in [6.45, 7) is 2.57. The number of nitrogens with one attached hydrogen (secondary N) is 1. The molecule has 0 saturated heterocycles. The summed E-state index contributed by atoms with van der Waals surface area (Å²) in [5.41, 5.74) is 6.95. The molecule has 1 aliphatic rings.